The van der Waals surface area contributed by atoms with E-state index in [1.807, 2.05) is 0 Å². The second kappa shape index (κ2) is 12.8. The van der Waals surface area contributed by atoms with Crippen LogP contribution in [0.5, 0.6) is 0 Å². The summed E-state index contributed by atoms with van der Waals surface area (Å²) in [5.74, 6) is 0.146. The molecule has 3 aromatic carbocycles. The molecule has 4 atom stereocenters. The smallest absolute Gasteiger partial charge is 0.350 e. The lowest BCUT2D eigenvalue weighted by molar-refractivity contribution is -0.0639. The van der Waals surface area contributed by atoms with Crippen molar-refractivity contribution in [2.24, 2.45) is 0 Å². The van der Waals surface area contributed by atoms with Gasteiger partial charge in [0.05, 0.1) is 16.7 Å². The zero-order valence-electron chi connectivity index (χ0n) is 22.1. The Labute approximate surface area is 240 Å². The lowest BCUT2D eigenvalue weighted by Gasteiger charge is -2.25. The Hall–Kier alpha value is -5.53. The molecule has 1 aromatic heterocycles. The monoisotopic (exact) mass is 564 g/mol. The molecular formula is C32H24N2O8. The van der Waals surface area contributed by atoms with Gasteiger partial charge in [-0.15, -0.1) is 6.42 Å². The number of nitrogens with zero attached hydrogens (tertiary/aromatic N) is 2. The molecule has 0 amide bonds. The molecule has 0 unspecified atom stereocenters. The van der Waals surface area contributed by atoms with Gasteiger partial charge in [-0.1, -0.05) is 54.6 Å². The van der Waals surface area contributed by atoms with Gasteiger partial charge in [-0.2, -0.15) is 4.98 Å². The second-order valence-electron chi connectivity index (χ2n) is 9.15. The molecule has 0 saturated carbocycles. The van der Waals surface area contributed by atoms with E-state index < -0.39 is 48.1 Å². The summed E-state index contributed by atoms with van der Waals surface area (Å²) in [6.45, 7) is -0.388. The predicted octanol–water partition coefficient (Wildman–Crippen LogP) is 3.43. The molecule has 0 N–H and O–H groups in total. The molecule has 0 spiro atoms. The van der Waals surface area contributed by atoms with Gasteiger partial charge in [0.15, 0.2) is 18.4 Å². The zero-order chi connectivity index (χ0) is 29.5. The topological polar surface area (TPSA) is 123 Å². The highest BCUT2D eigenvalue weighted by Crippen LogP contribution is 2.34. The minimum absolute atomic E-state index is 0.0903. The molecule has 0 bridgehead atoms. The second-order valence-corrected chi connectivity index (χ2v) is 9.15. The van der Waals surface area contributed by atoms with Crippen molar-refractivity contribution in [3.8, 4) is 12.3 Å². The Morgan fingerprint density at radius 1 is 0.762 bits per heavy atom. The quantitative estimate of drug-likeness (QED) is 0.180. The molecule has 0 aliphatic carbocycles. The van der Waals surface area contributed by atoms with Crippen molar-refractivity contribution in [3.63, 3.8) is 0 Å². The summed E-state index contributed by atoms with van der Waals surface area (Å²) in [6.07, 6.45) is 1.64. The molecule has 1 saturated heterocycles. The van der Waals surface area contributed by atoms with Crippen LogP contribution in [-0.4, -0.2) is 52.4 Å². The largest absolute Gasteiger partial charge is 0.459 e. The van der Waals surface area contributed by atoms with Crippen molar-refractivity contribution >= 4 is 17.9 Å². The van der Waals surface area contributed by atoms with E-state index in [-0.39, 0.29) is 23.4 Å². The summed E-state index contributed by atoms with van der Waals surface area (Å²) < 4.78 is 24.4. The lowest BCUT2D eigenvalue weighted by Crippen LogP contribution is -2.42. The van der Waals surface area contributed by atoms with Crippen LogP contribution in [0, 0.1) is 12.3 Å². The first-order chi connectivity index (χ1) is 20.4. The predicted molar refractivity (Wildman–Crippen MR) is 148 cm³/mol. The fourth-order valence-electron chi connectivity index (χ4n) is 4.37. The molecule has 2 heterocycles. The first-order valence-corrected chi connectivity index (χ1v) is 12.9. The fourth-order valence-corrected chi connectivity index (χ4v) is 4.37. The minimum atomic E-state index is -1.35. The molecule has 1 aliphatic rings. The Bertz CT molecular complexity index is 1670. The van der Waals surface area contributed by atoms with E-state index in [4.69, 9.17) is 25.4 Å². The van der Waals surface area contributed by atoms with Crippen LogP contribution in [0.4, 0.5) is 0 Å². The van der Waals surface area contributed by atoms with Crippen molar-refractivity contribution < 1.29 is 33.3 Å². The number of rotatable bonds is 8. The fraction of sp³-hybridized carbons (Fsp3) is 0.156. The van der Waals surface area contributed by atoms with Crippen molar-refractivity contribution in [1.29, 1.82) is 0 Å². The first kappa shape index (κ1) is 28.0. The third kappa shape index (κ3) is 6.27. The summed E-state index contributed by atoms with van der Waals surface area (Å²) in [7, 11) is 0. The van der Waals surface area contributed by atoms with Crippen molar-refractivity contribution in [2.45, 2.75) is 24.5 Å². The van der Waals surface area contributed by atoms with Gasteiger partial charge in [-0.05, 0) is 48.4 Å². The van der Waals surface area contributed by atoms with Gasteiger partial charge in [-0.3, -0.25) is 4.57 Å². The number of hydrogen-bond donors (Lipinski definition) is 0. The van der Waals surface area contributed by atoms with Crippen LogP contribution in [0.2, 0.25) is 0 Å². The number of esters is 3. The SMILES string of the molecule is C#Cc1ccn([C@@H]2O[C@H](COC(=O)c3ccccc3)[C@@H](OC(=O)c3ccccc3)[C@H]2OC(=O)c2ccccc2)c(=O)n1. The Morgan fingerprint density at radius 2 is 1.26 bits per heavy atom. The molecule has 210 valence electrons. The maximum absolute atomic E-state index is 13.2. The molecule has 1 aliphatic heterocycles. The molecular weight excluding hydrogens is 540 g/mol. The summed E-state index contributed by atoms with van der Waals surface area (Å²) in [6, 6.07) is 26.0. The van der Waals surface area contributed by atoms with Gasteiger partial charge < -0.3 is 18.9 Å². The Kier molecular flexibility index (Phi) is 8.51. The summed E-state index contributed by atoms with van der Waals surface area (Å²) in [5.41, 5.74) is 0.0452. The van der Waals surface area contributed by atoms with E-state index in [9.17, 15) is 19.2 Å². The van der Waals surface area contributed by atoms with Crippen LogP contribution < -0.4 is 5.69 Å². The van der Waals surface area contributed by atoms with Crippen LogP contribution in [0.1, 0.15) is 43.0 Å². The van der Waals surface area contributed by atoms with Crippen LogP contribution in [-0.2, 0) is 18.9 Å². The van der Waals surface area contributed by atoms with Gasteiger partial charge in [0.25, 0.3) is 0 Å². The lowest BCUT2D eigenvalue weighted by atomic mass is 10.1. The first-order valence-electron chi connectivity index (χ1n) is 12.9. The van der Waals surface area contributed by atoms with Gasteiger partial charge in [-0.25, -0.2) is 19.2 Å². The normalized spacial score (nSPS) is 19.3. The van der Waals surface area contributed by atoms with Crippen LogP contribution in [0.15, 0.2) is 108 Å². The maximum atomic E-state index is 13.2. The van der Waals surface area contributed by atoms with Gasteiger partial charge in [0, 0.05) is 6.20 Å². The standard InChI is InChI=1S/C32H24N2O8/c1-2-24-18-19-34(32(38)33-24)28-27(42-31(37)23-16-10-5-11-17-23)26(41-30(36)22-14-8-4-9-15-22)25(40-28)20-39-29(35)21-12-6-3-7-13-21/h1,3-19,25-28H,20H2/t25-,26-,27-,28-/m1/s1. The molecule has 5 rings (SSSR count). The summed E-state index contributed by atoms with van der Waals surface area (Å²) in [4.78, 5) is 55.9. The average Bonchev–Trinajstić information content (AvgIpc) is 3.36. The number of hydrogen-bond acceptors (Lipinski definition) is 9. The van der Waals surface area contributed by atoms with Crippen molar-refractivity contribution in [2.75, 3.05) is 6.61 Å². The van der Waals surface area contributed by atoms with E-state index in [1.54, 1.807) is 91.0 Å². The van der Waals surface area contributed by atoms with Gasteiger partial charge >= 0.3 is 23.6 Å². The van der Waals surface area contributed by atoms with Crippen LogP contribution in [0.3, 0.4) is 0 Å². The number of carbonyl (C=O) groups excluding carboxylic acids is 3. The highest BCUT2D eigenvalue weighted by atomic mass is 16.7. The van der Waals surface area contributed by atoms with E-state index in [0.717, 1.165) is 4.57 Å². The average molecular weight is 565 g/mol. The number of benzene rings is 3. The zero-order valence-corrected chi connectivity index (χ0v) is 22.1. The molecule has 0 radical (unpaired) electrons. The van der Waals surface area contributed by atoms with Crippen LogP contribution in [0.25, 0.3) is 0 Å². The highest BCUT2D eigenvalue weighted by molar-refractivity contribution is 5.91. The van der Waals surface area contributed by atoms with Crippen LogP contribution >= 0.6 is 0 Å². The van der Waals surface area contributed by atoms with Crippen molar-refractivity contribution in [1.82, 2.24) is 9.55 Å². The van der Waals surface area contributed by atoms with Gasteiger partial charge in [0.2, 0.25) is 0 Å². The Morgan fingerprint density at radius 3 is 1.76 bits per heavy atom. The minimum Gasteiger partial charge on any atom is -0.459 e. The molecule has 4 aromatic rings. The molecule has 10 heteroatoms. The number of ether oxygens (including phenoxy) is 4. The van der Waals surface area contributed by atoms with E-state index in [2.05, 4.69) is 10.9 Å². The van der Waals surface area contributed by atoms with Crippen molar-refractivity contribution in [3.05, 3.63) is 136 Å². The highest BCUT2D eigenvalue weighted by Gasteiger charge is 2.51. The third-order valence-electron chi connectivity index (χ3n) is 6.43. The molecule has 42 heavy (non-hydrogen) atoms. The van der Waals surface area contributed by atoms with E-state index in [0.29, 0.717) is 5.56 Å². The van der Waals surface area contributed by atoms with E-state index in [1.165, 1.54) is 12.3 Å². The summed E-state index contributed by atoms with van der Waals surface area (Å²) in [5, 5.41) is 0. The Balaban J connectivity index is 1.50. The summed E-state index contributed by atoms with van der Waals surface area (Å²) >= 11 is 0. The molecule has 1 fully saturated rings. The van der Waals surface area contributed by atoms with Gasteiger partial charge in [0.1, 0.15) is 18.4 Å². The number of terminal acetylenes is 1. The number of aromatic nitrogens is 2. The number of carbonyl (C=O) groups is 3. The molecule has 10 nitrogen and oxygen atoms in total. The maximum Gasteiger partial charge on any atom is 0.350 e. The van der Waals surface area contributed by atoms with E-state index >= 15 is 0 Å². The third-order valence-corrected chi connectivity index (χ3v) is 6.43.